The number of nitrogens with one attached hydrogen (secondary N) is 1. The van der Waals surface area contributed by atoms with Crippen molar-refractivity contribution in [2.45, 2.75) is 46.1 Å². The first-order valence-corrected chi connectivity index (χ1v) is 7.65. The molecule has 1 N–H and O–H groups in total. The standard InChI is InChI=1S/C16H25N3O/c1-4-19(5-2)16(20)15-11-14(8-9-17-15)18-13-7-6-12(3)10-13/h8-9,11-13H,4-7,10H2,1-3H3,(H,17,18). The van der Waals surface area contributed by atoms with Gasteiger partial charge in [0.15, 0.2) is 0 Å². The molecule has 0 aromatic carbocycles. The van der Waals surface area contributed by atoms with E-state index in [1.165, 1.54) is 19.3 Å². The number of nitrogens with zero attached hydrogens (tertiary/aromatic N) is 2. The van der Waals surface area contributed by atoms with Crippen LogP contribution in [0.2, 0.25) is 0 Å². The first kappa shape index (κ1) is 14.8. The van der Waals surface area contributed by atoms with Gasteiger partial charge in [-0.15, -0.1) is 0 Å². The second kappa shape index (κ2) is 6.73. The number of carbonyl (C=O) groups is 1. The number of aromatic nitrogens is 1. The minimum absolute atomic E-state index is 0.0124. The number of amides is 1. The van der Waals surface area contributed by atoms with Crippen LogP contribution in [0.5, 0.6) is 0 Å². The normalized spacial score (nSPS) is 21.8. The molecule has 0 radical (unpaired) electrons. The highest BCUT2D eigenvalue weighted by atomic mass is 16.2. The molecule has 0 aliphatic heterocycles. The van der Waals surface area contributed by atoms with Crippen LogP contribution >= 0.6 is 0 Å². The largest absolute Gasteiger partial charge is 0.382 e. The molecule has 1 aliphatic rings. The maximum atomic E-state index is 12.3. The topological polar surface area (TPSA) is 45.2 Å². The van der Waals surface area contributed by atoms with E-state index in [0.717, 1.165) is 24.7 Å². The lowest BCUT2D eigenvalue weighted by molar-refractivity contribution is 0.0767. The second-order valence-electron chi connectivity index (χ2n) is 5.67. The lowest BCUT2D eigenvalue weighted by atomic mass is 10.1. The van der Waals surface area contributed by atoms with Gasteiger partial charge in [-0.1, -0.05) is 6.92 Å². The zero-order valence-electron chi connectivity index (χ0n) is 12.7. The third-order valence-electron chi connectivity index (χ3n) is 4.10. The van der Waals surface area contributed by atoms with Gasteiger partial charge in [-0.3, -0.25) is 9.78 Å². The summed E-state index contributed by atoms with van der Waals surface area (Å²) in [6.45, 7) is 7.71. The predicted molar refractivity (Wildman–Crippen MR) is 81.9 cm³/mol. The fourth-order valence-electron chi connectivity index (χ4n) is 2.88. The van der Waals surface area contributed by atoms with E-state index < -0.39 is 0 Å². The summed E-state index contributed by atoms with van der Waals surface area (Å²) in [5.74, 6) is 0.810. The van der Waals surface area contributed by atoms with Crippen LogP contribution in [0.1, 0.15) is 50.5 Å². The molecule has 1 aliphatic carbocycles. The first-order chi connectivity index (χ1) is 9.63. The molecular formula is C16H25N3O. The maximum absolute atomic E-state index is 12.3. The molecule has 110 valence electrons. The van der Waals surface area contributed by atoms with Gasteiger partial charge < -0.3 is 10.2 Å². The van der Waals surface area contributed by atoms with Crippen molar-refractivity contribution in [1.82, 2.24) is 9.88 Å². The van der Waals surface area contributed by atoms with E-state index in [2.05, 4.69) is 17.2 Å². The van der Waals surface area contributed by atoms with Crippen molar-refractivity contribution >= 4 is 11.6 Å². The molecule has 1 aromatic heterocycles. The molecule has 4 heteroatoms. The van der Waals surface area contributed by atoms with Gasteiger partial charge in [-0.2, -0.15) is 0 Å². The lowest BCUT2D eigenvalue weighted by Crippen LogP contribution is -2.31. The second-order valence-corrected chi connectivity index (χ2v) is 5.67. The zero-order valence-corrected chi connectivity index (χ0v) is 12.7. The minimum atomic E-state index is 0.0124. The Balaban J connectivity index is 2.05. The van der Waals surface area contributed by atoms with Crippen LogP contribution in [0.25, 0.3) is 0 Å². The Labute approximate surface area is 121 Å². The van der Waals surface area contributed by atoms with Gasteiger partial charge in [-0.05, 0) is 51.2 Å². The quantitative estimate of drug-likeness (QED) is 0.897. The molecule has 0 saturated heterocycles. The highest BCUT2D eigenvalue weighted by Crippen LogP contribution is 2.27. The Morgan fingerprint density at radius 1 is 1.40 bits per heavy atom. The van der Waals surface area contributed by atoms with Crippen molar-refractivity contribution in [3.63, 3.8) is 0 Å². The van der Waals surface area contributed by atoms with Gasteiger partial charge in [0, 0.05) is 31.0 Å². The summed E-state index contributed by atoms with van der Waals surface area (Å²) < 4.78 is 0. The Morgan fingerprint density at radius 3 is 2.75 bits per heavy atom. The molecular weight excluding hydrogens is 250 g/mol. The molecule has 1 saturated carbocycles. The molecule has 2 rings (SSSR count). The molecule has 1 aromatic rings. The number of pyridine rings is 1. The number of hydrogen-bond donors (Lipinski definition) is 1. The molecule has 2 unspecified atom stereocenters. The van der Waals surface area contributed by atoms with Gasteiger partial charge in [0.05, 0.1) is 0 Å². The molecule has 2 atom stereocenters. The fraction of sp³-hybridized carbons (Fsp3) is 0.625. The zero-order chi connectivity index (χ0) is 14.5. The van der Waals surface area contributed by atoms with Crippen LogP contribution in [-0.4, -0.2) is 34.9 Å². The van der Waals surface area contributed by atoms with Crippen LogP contribution in [0.4, 0.5) is 5.69 Å². The van der Waals surface area contributed by atoms with E-state index in [-0.39, 0.29) is 5.91 Å². The van der Waals surface area contributed by atoms with Crippen molar-refractivity contribution in [2.24, 2.45) is 5.92 Å². The molecule has 0 spiro atoms. The summed E-state index contributed by atoms with van der Waals surface area (Å²) in [6, 6.07) is 4.36. The molecule has 1 fully saturated rings. The van der Waals surface area contributed by atoms with Gasteiger partial charge >= 0.3 is 0 Å². The number of carbonyl (C=O) groups excluding carboxylic acids is 1. The average molecular weight is 275 g/mol. The van der Waals surface area contributed by atoms with Crippen LogP contribution in [0.15, 0.2) is 18.3 Å². The van der Waals surface area contributed by atoms with E-state index in [0.29, 0.717) is 11.7 Å². The van der Waals surface area contributed by atoms with Gasteiger partial charge in [0.25, 0.3) is 5.91 Å². The fourth-order valence-corrected chi connectivity index (χ4v) is 2.88. The Morgan fingerprint density at radius 2 is 2.15 bits per heavy atom. The minimum Gasteiger partial charge on any atom is -0.382 e. The molecule has 1 amide bonds. The van der Waals surface area contributed by atoms with E-state index in [4.69, 9.17) is 0 Å². The number of rotatable bonds is 5. The summed E-state index contributed by atoms with van der Waals surface area (Å²) in [7, 11) is 0. The van der Waals surface area contributed by atoms with Crippen LogP contribution < -0.4 is 5.32 Å². The highest BCUT2D eigenvalue weighted by Gasteiger charge is 2.21. The van der Waals surface area contributed by atoms with Gasteiger partial charge in [0.1, 0.15) is 5.69 Å². The number of anilines is 1. The predicted octanol–water partition coefficient (Wildman–Crippen LogP) is 3.16. The van der Waals surface area contributed by atoms with Crippen molar-refractivity contribution in [1.29, 1.82) is 0 Å². The van der Waals surface area contributed by atoms with Crippen LogP contribution in [-0.2, 0) is 0 Å². The monoisotopic (exact) mass is 275 g/mol. The van der Waals surface area contributed by atoms with Crippen molar-refractivity contribution in [2.75, 3.05) is 18.4 Å². The van der Waals surface area contributed by atoms with Crippen molar-refractivity contribution in [3.8, 4) is 0 Å². The van der Waals surface area contributed by atoms with Crippen LogP contribution in [0, 0.1) is 5.92 Å². The average Bonchev–Trinajstić information content (AvgIpc) is 2.85. The lowest BCUT2D eigenvalue weighted by Gasteiger charge is -2.19. The van der Waals surface area contributed by atoms with Crippen molar-refractivity contribution in [3.05, 3.63) is 24.0 Å². The van der Waals surface area contributed by atoms with E-state index in [9.17, 15) is 4.79 Å². The summed E-state index contributed by atoms with van der Waals surface area (Å²) >= 11 is 0. The third kappa shape index (κ3) is 3.50. The first-order valence-electron chi connectivity index (χ1n) is 7.65. The van der Waals surface area contributed by atoms with E-state index >= 15 is 0 Å². The number of hydrogen-bond acceptors (Lipinski definition) is 3. The smallest absolute Gasteiger partial charge is 0.272 e. The Kier molecular flexibility index (Phi) is 4.99. The van der Waals surface area contributed by atoms with Gasteiger partial charge in [-0.25, -0.2) is 0 Å². The summed E-state index contributed by atoms with van der Waals surface area (Å²) in [6.07, 6.45) is 5.43. The molecule has 20 heavy (non-hydrogen) atoms. The summed E-state index contributed by atoms with van der Waals surface area (Å²) in [4.78, 5) is 18.3. The van der Waals surface area contributed by atoms with E-state index in [1.54, 1.807) is 11.1 Å². The van der Waals surface area contributed by atoms with Crippen LogP contribution in [0.3, 0.4) is 0 Å². The molecule has 1 heterocycles. The third-order valence-corrected chi connectivity index (χ3v) is 4.10. The maximum Gasteiger partial charge on any atom is 0.272 e. The van der Waals surface area contributed by atoms with Gasteiger partial charge in [0.2, 0.25) is 0 Å². The summed E-state index contributed by atoms with van der Waals surface area (Å²) in [5.41, 5.74) is 1.54. The Hall–Kier alpha value is -1.58. The highest BCUT2D eigenvalue weighted by molar-refractivity contribution is 5.93. The Bertz CT molecular complexity index is 457. The summed E-state index contributed by atoms with van der Waals surface area (Å²) in [5, 5.41) is 3.53. The molecule has 4 nitrogen and oxygen atoms in total. The van der Waals surface area contributed by atoms with E-state index in [1.807, 2.05) is 26.0 Å². The molecule has 0 bridgehead atoms. The SMILES string of the molecule is CCN(CC)C(=O)c1cc(NC2CCC(C)C2)ccn1. The van der Waals surface area contributed by atoms with Crippen molar-refractivity contribution < 1.29 is 4.79 Å².